The van der Waals surface area contributed by atoms with Crippen LogP contribution in [-0.4, -0.2) is 12.5 Å². The molecule has 1 aliphatic heterocycles. The van der Waals surface area contributed by atoms with Gasteiger partial charge < -0.3 is 10.2 Å². The highest BCUT2D eigenvalue weighted by atomic mass is 16.2. The van der Waals surface area contributed by atoms with Gasteiger partial charge in [0.25, 0.3) is 0 Å². The smallest absolute Gasteiger partial charge is 0.226 e. The number of benzene rings is 2. The topological polar surface area (TPSA) is 56.1 Å². The first kappa shape index (κ1) is 17.2. The normalized spacial score (nSPS) is 15.7. The van der Waals surface area contributed by atoms with E-state index in [9.17, 15) is 4.79 Å². The zero-order chi connectivity index (χ0) is 17.6. The van der Waals surface area contributed by atoms with Gasteiger partial charge in [0, 0.05) is 31.2 Å². The molecule has 1 aliphatic rings. The molecular formula is C21H23N3O. The van der Waals surface area contributed by atoms with Crippen molar-refractivity contribution in [3.63, 3.8) is 0 Å². The van der Waals surface area contributed by atoms with Gasteiger partial charge in [0.2, 0.25) is 5.91 Å². The number of anilines is 1. The van der Waals surface area contributed by atoms with Crippen molar-refractivity contribution in [1.29, 1.82) is 5.26 Å². The molecule has 0 aliphatic carbocycles. The largest absolute Gasteiger partial charge is 0.312 e. The number of hydrogen-bond acceptors (Lipinski definition) is 3. The Balaban J connectivity index is 1.60. The average molecular weight is 333 g/mol. The summed E-state index contributed by atoms with van der Waals surface area (Å²) in [6.07, 6.45) is 2.74. The Labute approximate surface area is 149 Å². The quantitative estimate of drug-likeness (QED) is 0.902. The van der Waals surface area contributed by atoms with E-state index in [4.69, 9.17) is 5.26 Å². The fourth-order valence-corrected chi connectivity index (χ4v) is 3.14. The third-order valence-electron chi connectivity index (χ3n) is 4.70. The SMILES string of the molecule is C[C@H](NCc1ccc(N2CCCCC2=O)cc1)c1cccc(C#N)c1. The molecule has 1 fully saturated rings. The highest BCUT2D eigenvalue weighted by Crippen LogP contribution is 2.21. The van der Waals surface area contributed by atoms with Crippen molar-refractivity contribution < 1.29 is 4.79 Å². The highest BCUT2D eigenvalue weighted by molar-refractivity contribution is 5.93. The van der Waals surface area contributed by atoms with Crippen molar-refractivity contribution in [2.75, 3.05) is 11.4 Å². The first-order valence-corrected chi connectivity index (χ1v) is 8.80. The van der Waals surface area contributed by atoms with Crippen LogP contribution in [0.3, 0.4) is 0 Å². The summed E-state index contributed by atoms with van der Waals surface area (Å²) in [6, 6.07) is 18.2. The minimum Gasteiger partial charge on any atom is -0.312 e. The molecule has 1 amide bonds. The molecule has 0 saturated carbocycles. The summed E-state index contributed by atoms with van der Waals surface area (Å²) >= 11 is 0. The molecule has 1 heterocycles. The van der Waals surface area contributed by atoms with Crippen molar-refractivity contribution in [2.24, 2.45) is 0 Å². The summed E-state index contributed by atoms with van der Waals surface area (Å²) in [5.74, 6) is 0.225. The van der Waals surface area contributed by atoms with Crippen LogP contribution < -0.4 is 10.2 Å². The standard InChI is InChI=1S/C21H23N3O/c1-16(19-6-4-5-18(13-19)14-22)23-15-17-8-10-20(11-9-17)24-12-3-2-7-21(24)25/h4-6,8-11,13,16,23H,2-3,7,12,15H2,1H3/t16-/m0/s1. The fourth-order valence-electron chi connectivity index (χ4n) is 3.14. The average Bonchev–Trinajstić information content (AvgIpc) is 2.67. The Morgan fingerprint density at radius 3 is 2.72 bits per heavy atom. The minimum absolute atomic E-state index is 0.164. The minimum atomic E-state index is 0.164. The molecule has 1 saturated heterocycles. The van der Waals surface area contributed by atoms with Crippen molar-refractivity contribution in [1.82, 2.24) is 5.32 Å². The van der Waals surface area contributed by atoms with Crippen LogP contribution in [0.4, 0.5) is 5.69 Å². The first-order valence-electron chi connectivity index (χ1n) is 8.80. The van der Waals surface area contributed by atoms with E-state index >= 15 is 0 Å². The number of nitriles is 1. The zero-order valence-corrected chi connectivity index (χ0v) is 14.5. The van der Waals surface area contributed by atoms with E-state index in [1.165, 1.54) is 5.56 Å². The van der Waals surface area contributed by atoms with Gasteiger partial charge in [-0.25, -0.2) is 0 Å². The monoisotopic (exact) mass is 333 g/mol. The molecule has 2 aromatic rings. The van der Waals surface area contributed by atoms with Gasteiger partial charge in [0.05, 0.1) is 11.6 Å². The van der Waals surface area contributed by atoms with E-state index in [2.05, 4.69) is 30.4 Å². The molecule has 25 heavy (non-hydrogen) atoms. The number of nitrogens with zero attached hydrogens (tertiary/aromatic N) is 2. The number of rotatable bonds is 5. The second-order valence-corrected chi connectivity index (χ2v) is 6.51. The van der Waals surface area contributed by atoms with Crippen molar-refractivity contribution in [3.05, 3.63) is 65.2 Å². The summed E-state index contributed by atoms with van der Waals surface area (Å²) in [6.45, 7) is 3.66. The van der Waals surface area contributed by atoms with Crippen molar-refractivity contribution in [3.8, 4) is 6.07 Å². The molecule has 0 aromatic heterocycles. The molecule has 128 valence electrons. The molecular weight excluding hydrogens is 310 g/mol. The molecule has 0 bridgehead atoms. The van der Waals surface area contributed by atoms with Gasteiger partial charge in [0.1, 0.15) is 0 Å². The van der Waals surface area contributed by atoms with Crippen LogP contribution in [0.15, 0.2) is 48.5 Å². The summed E-state index contributed by atoms with van der Waals surface area (Å²) in [7, 11) is 0. The summed E-state index contributed by atoms with van der Waals surface area (Å²) in [5, 5.41) is 12.5. The van der Waals surface area contributed by atoms with E-state index in [0.717, 1.165) is 37.2 Å². The maximum absolute atomic E-state index is 12.0. The van der Waals surface area contributed by atoms with E-state index in [1.807, 2.05) is 41.3 Å². The highest BCUT2D eigenvalue weighted by Gasteiger charge is 2.19. The van der Waals surface area contributed by atoms with Gasteiger partial charge in [0.15, 0.2) is 0 Å². The van der Waals surface area contributed by atoms with Crippen molar-refractivity contribution in [2.45, 2.75) is 38.8 Å². The summed E-state index contributed by atoms with van der Waals surface area (Å²) in [5.41, 5.74) is 3.95. The number of carbonyl (C=O) groups is 1. The Bertz CT molecular complexity index is 776. The van der Waals surface area contributed by atoms with Crippen LogP contribution in [0.25, 0.3) is 0 Å². The Hall–Kier alpha value is -2.64. The molecule has 3 rings (SSSR count). The Kier molecular flexibility index (Phi) is 5.47. The lowest BCUT2D eigenvalue weighted by molar-refractivity contribution is -0.119. The molecule has 2 aromatic carbocycles. The predicted octanol–water partition coefficient (Wildman–Crippen LogP) is 3.93. The second-order valence-electron chi connectivity index (χ2n) is 6.51. The Morgan fingerprint density at radius 1 is 1.20 bits per heavy atom. The van der Waals surface area contributed by atoms with Gasteiger partial charge in [-0.2, -0.15) is 5.26 Å². The summed E-state index contributed by atoms with van der Waals surface area (Å²) < 4.78 is 0. The van der Waals surface area contributed by atoms with E-state index in [0.29, 0.717) is 12.0 Å². The predicted molar refractivity (Wildman–Crippen MR) is 99.1 cm³/mol. The number of piperidine rings is 1. The third-order valence-corrected chi connectivity index (χ3v) is 4.70. The number of carbonyl (C=O) groups excluding carboxylic acids is 1. The number of hydrogen-bond donors (Lipinski definition) is 1. The first-order chi connectivity index (χ1) is 12.2. The van der Waals surface area contributed by atoms with Crippen LogP contribution in [0.1, 0.15) is 48.9 Å². The molecule has 1 atom stereocenters. The third kappa shape index (κ3) is 4.26. The van der Waals surface area contributed by atoms with Gasteiger partial charge >= 0.3 is 0 Å². The lowest BCUT2D eigenvalue weighted by Gasteiger charge is -2.27. The second kappa shape index (κ2) is 7.96. The lowest BCUT2D eigenvalue weighted by Crippen LogP contribution is -2.35. The molecule has 1 N–H and O–H groups in total. The van der Waals surface area contributed by atoms with Crippen LogP contribution in [0, 0.1) is 11.3 Å². The zero-order valence-electron chi connectivity index (χ0n) is 14.5. The lowest BCUT2D eigenvalue weighted by atomic mass is 10.1. The fraction of sp³-hybridized carbons (Fsp3) is 0.333. The molecule has 0 unspecified atom stereocenters. The maximum Gasteiger partial charge on any atom is 0.226 e. The molecule has 4 heteroatoms. The van der Waals surface area contributed by atoms with E-state index in [1.54, 1.807) is 0 Å². The molecule has 4 nitrogen and oxygen atoms in total. The van der Waals surface area contributed by atoms with Crippen LogP contribution in [0.2, 0.25) is 0 Å². The van der Waals surface area contributed by atoms with Crippen LogP contribution >= 0.6 is 0 Å². The molecule has 0 spiro atoms. The van der Waals surface area contributed by atoms with Gasteiger partial charge in [-0.15, -0.1) is 0 Å². The van der Waals surface area contributed by atoms with E-state index < -0.39 is 0 Å². The Morgan fingerprint density at radius 2 is 2.00 bits per heavy atom. The number of nitrogens with one attached hydrogen (secondary N) is 1. The van der Waals surface area contributed by atoms with Crippen molar-refractivity contribution >= 4 is 11.6 Å². The van der Waals surface area contributed by atoms with Gasteiger partial charge in [-0.3, -0.25) is 4.79 Å². The van der Waals surface area contributed by atoms with Gasteiger partial charge in [-0.1, -0.05) is 24.3 Å². The molecule has 0 radical (unpaired) electrons. The van der Waals surface area contributed by atoms with E-state index in [-0.39, 0.29) is 11.9 Å². The summed E-state index contributed by atoms with van der Waals surface area (Å²) in [4.78, 5) is 13.9. The number of amides is 1. The van der Waals surface area contributed by atoms with Crippen LogP contribution in [-0.2, 0) is 11.3 Å². The van der Waals surface area contributed by atoms with Crippen LogP contribution in [0.5, 0.6) is 0 Å². The maximum atomic E-state index is 12.0. The van der Waals surface area contributed by atoms with Gasteiger partial charge in [-0.05, 0) is 55.2 Å².